The standard InChI is InChI=1S/C19H23N5/c1-14-7-9-16(10-8-14)20-17-11-12-18-21-22-19(24(18)23-17)13-15-5-3-2-4-6-15/h2-6,11-12,14,16H,7-10,13H2,1H3,(H,20,23). The Hall–Kier alpha value is -2.43. The van der Waals surface area contributed by atoms with Gasteiger partial charge in [0.05, 0.1) is 0 Å². The van der Waals surface area contributed by atoms with Crippen LogP contribution in [0.1, 0.15) is 44.0 Å². The number of hydrogen-bond donors (Lipinski definition) is 1. The van der Waals surface area contributed by atoms with E-state index in [-0.39, 0.29) is 0 Å². The van der Waals surface area contributed by atoms with Gasteiger partial charge in [-0.25, -0.2) is 0 Å². The molecule has 2 aromatic heterocycles. The van der Waals surface area contributed by atoms with Crippen LogP contribution >= 0.6 is 0 Å². The van der Waals surface area contributed by atoms with Crippen molar-refractivity contribution in [1.82, 2.24) is 19.8 Å². The minimum atomic E-state index is 0.528. The Balaban J connectivity index is 1.54. The van der Waals surface area contributed by atoms with Crippen molar-refractivity contribution >= 4 is 11.5 Å². The zero-order valence-electron chi connectivity index (χ0n) is 14.0. The lowest BCUT2D eigenvalue weighted by atomic mass is 9.87. The molecule has 0 atom stereocenters. The predicted octanol–water partition coefficient (Wildman–Crippen LogP) is 3.71. The average Bonchev–Trinajstić information content (AvgIpc) is 3.00. The van der Waals surface area contributed by atoms with E-state index >= 15 is 0 Å². The molecule has 0 bridgehead atoms. The van der Waals surface area contributed by atoms with Crippen molar-refractivity contribution in [3.8, 4) is 0 Å². The molecule has 0 amide bonds. The topological polar surface area (TPSA) is 55.1 Å². The summed E-state index contributed by atoms with van der Waals surface area (Å²) in [5.74, 6) is 2.64. The van der Waals surface area contributed by atoms with E-state index in [0.29, 0.717) is 6.04 Å². The molecule has 0 radical (unpaired) electrons. The highest BCUT2D eigenvalue weighted by molar-refractivity contribution is 5.44. The van der Waals surface area contributed by atoms with Gasteiger partial charge in [0.25, 0.3) is 0 Å². The quantitative estimate of drug-likeness (QED) is 0.796. The minimum absolute atomic E-state index is 0.528. The molecule has 1 aromatic carbocycles. The van der Waals surface area contributed by atoms with E-state index in [9.17, 15) is 0 Å². The maximum Gasteiger partial charge on any atom is 0.178 e. The molecular formula is C19H23N5. The predicted molar refractivity (Wildman–Crippen MR) is 95.1 cm³/mol. The number of rotatable bonds is 4. The number of fused-ring (bicyclic) bond motifs is 1. The van der Waals surface area contributed by atoms with Crippen LogP contribution in [0.15, 0.2) is 42.5 Å². The summed E-state index contributed by atoms with van der Waals surface area (Å²) in [6.45, 7) is 2.34. The fraction of sp³-hybridized carbons (Fsp3) is 0.421. The molecule has 0 saturated heterocycles. The van der Waals surface area contributed by atoms with Gasteiger partial charge in [-0.1, -0.05) is 37.3 Å². The van der Waals surface area contributed by atoms with Crippen molar-refractivity contribution in [3.63, 3.8) is 0 Å². The fourth-order valence-electron chi connectivity index (χ4n) is 3.41. The molecule has 1 N–H and O–H groups in total. The zero-order valence-corrected chi connectivity index (χ0v) is 14.0. The second kappa shape index (κ2) is 6.59. The Bertz CT molecular complexity index is 803. The molecule has 1 aliphatic rings. The number of nitrogens with zero attached hydrogens (tertiary/aromatic N) is 4. The summed E-state index contributed by atoms with van der Waals surface area (Å²) in [6.07, 6.45) is 5.77. The normalized spacial score (nSPS) is 21.0. The second-order valence-corrected chi connectivity index (χ2v) is 6.87. The van der Waals surface area contributed by atoms with E-state index in [1.807, 2.05) is 34.8 Å². The Labute approximate surface area is 142 Å². The molecular weight excluding hydrogens is 298 g/mol. The van der Waals surface area contributed by atoms with Crippen LogP contribution in [0.4, 0.5) is 5.82 Å². The molecule has 0 spiro atoms. The number of benzene rings is 1. The van der Waals surface area contributed by atoms with E-state index < -0.39 is 0 Å². The average molecular weight is 321 g/mol. The molecule has 4 rings (SSSR count). The molecule has 24 heavy (non-hydrogen) atoms. The summed E-state index contributed by atoms with van der Waals surface area (Å²) in [7, 11) is 0. The molecule has 0 unspecified atom stereocenters. The van der Waals surface area contributed by atoms with E-state index in [1.165, 1.54) is 31.2 Å². The van der Waals surface area contributed by atoms with E-state index in [4.69, 9.17) is 5.10 Å². The molecule has 3 aromatic rings. The van der Waals surface area contributed by atoms with Crippen LogP contribution in [0.2, 0.25) is 0 Å². The molecule has 1 saturated carbocycles. The minimum Gasteiger partial charge on any atom is -0.366 e. The molecule has 1 fully saturated rings. The molecule has 0 aliphatic heterocycles. The van der Waals surface area contributed by atoms with Crippen molar-refractivity contribution in [2.24, 2.45) is 5.92 Å². The third kappa shape index (κ3) is 3.25. The first-order valence-electron chi connectivity index (χ1n) is 8.80. The van der Waals surface area contributed by atoms with Gasteiger partial charge in [0.1, 0.15) is 5.82 Å². The van der Waals surface area contributed by atoms with Crippen LogP contribution in [0, 0.1) is 5.92 Å². The molecule has 1 aliphatic carbocycles. The molecule has 5 nitrogen and oxygen atoms in total. The summed E-state index contributed by atoms with van der Waals surface area (Å²) >= 11 is 0. The number of nitrogens with one attached hydrogen (secondary N) is 1. The second-order valence-electron chi connectivity index (χ2n) is 6.87. The van der Waals surface area contributed by atoms with Gasteiger partial charge in [0.15, 0.2) is 11.5 Å². The van der Waals surface area contributed by atoms with E-state index in [2.05, 4.69) is 34.6 Å². The van der Waals surface area contributed by atoms with Gasteiger partial charge >= 0.3 is 0 Å². The highest BCUT2D eigenvalue weighted by atomic mass is 15.4. The van der Waals surface area contributed by atoms with Gasteiger partial charge < -0.3 is 5.32 Å². The Kier molecular flexibility index (Phi) is 4.15. The van der Waals surface area contributed by atoms with Gasteiger partial charge in [-0.3, -0.25) is 0 Å². The number of hydrogen-bond acceptors (Lipinski definition) is 4. The van der Waals surface area contributed by atoms with Gasteiger partial charge in [-0.15, -0.1) is 15.3 Å². The van der Waals surface area contributed by atoms with Crippen LogP contribution in [-0.4, -0.2) is 25.9 Å². The zero-order chi connectivity index (χ0) is 16.4. The first-order chi connectivity index (χ1) is 11.8. The molecule has 124 valence electrons. The van der Waals surface area contributed by atoms with E-state index in [1.54, 1.807) is 0 Å². The number of aromatic nitrogens is 4. The maximum absolute atomic E-state index is 4.73. The van der Waals surface area contributed by atoms with Crippen LogP contribution < -0.4 is 5.32 Å². The Morgan fingerprint density at radius 3 is 2.58 bits per heavy atom. The lowest BCUT2D eigenvalue weighted by Crippen LogP contribution is -2.26. The van der Waals surface area contributed by atoms with Crippen LogP contribution in [0.3, 0.4) is 0 Å². The first-order valence-corrected chi connectivity index (χ1v) is 8.80. The lowest BCUT2D eigenvalue weighted by Gasteiger charge is -2.27. The van der Waals surface area contributed by atoms with Gasteiger partial charge in [-0.05, 0) is 49.3 Å². The van der Waals surface area contributed by atoms with Crippen LogP contribution in [0.25, 0.3) is 5.65 Å². The number of anilines is 1. The fourth-order valence-corrected chi connectivity index (χ4v) is 3.41. The Morgan fingerprint density at radius 1 is 1.00 bits per heavy atom. The summed E-state index contributed by atoms with van der Waals surface area (Å²) in [6, 6.07) is 14.8. The van der Waals surface area contributed by atoms with Crippen molar-refractivity contribution in [3.05, 3.63) is 53.9 Å². The summed E-state index contributed by atoms with van der Waals surface area (Å²) in [5, 5.41) is 16.9. The van der Waals surface area contributed by atoms with Gasteiger partial charge in [0, 0.05) is 12.5 Å². The van der Waals surface area contributed by atoms with Crippen molar-refractivity contribution in [2.75, 3.05) is 5.32 Å². The SMILES string of the molecule is CC1CCC(Nc2ccc3nnc(Cc4ccccc4)n3n2)CC1. The third-order valence-electron chi connectivity index (χ3n) is 4.90. The van der Waals surface area contributed by atoms with Crippen molar-refractivity contribution < 1.29 is 0 Å². The highest BCUT2D eigenvalue weighted by Gasteiger charge is 2.18. The van der Waals surface area contributed by atoms with E-state index in [0.717, 1.165) is 29.6 Å². The highest BCUT2D eigenvalue weighted by Crippen LogP contribution is 2.25. The largest absolute Gasteiger partial charge is 0.366 e. The van der Waals surface area contributed by atoms with Crippen LogP contribution in [-0.2, 0) is 6.42 Å². The van der Waals surface area contributed by atoms with Gasteiger partial charge in [-0.2, -0.15) is 4.52 Å². The molecule has 2 heterocycles. The van der Waals surface area contributed by atoms with Crippen LogP contribution in [0.5, 0.6) is 0 Å². The van der Waals surface area contributed by atoms with Gasteiger partial charge in [0.2, 0.25) is 0 Å². The summed E-state index contributed by atoms with van der Waals surface area (Å²) < 4.78 is 1.86. The third-order valence-corrected chi connectivity index (χ3v) is 4.90. The lowest BCUT2D eigenvalue weighted by molar-refractivity contribution is 0.360. The Morgan fingerprint density at radius 2 is 1.79 bits per heavy atom. The van der Waals surface area contributed by atoms with Crippen molar-refractivity contribution in [2.45, 2.75) is 45.1 Å². The van der Waals surface area contributed by atoms with Crippen molar-refractivity contribution in [1.29, 1.82) is 0 Å². The first kappa shape index (κ1) is 15.1. The summed E-state index contributed by atoms with van der Waals surface area (Å²) in [5.41, 5.74) is 2.01. The monoisotopic (exact) mass is 321 g/mol. The smallest absolute Gasteiger partial charge is 0.178 e. The summed E-state index contributed by atoms with van der Waals surface area (Å²) in [4.78, 5) is 0. The molecule has 5 heteroatoms. The maximum atomic E-state index is 4.73.